The lowest BCUT2D eigenvalue weighted by atomic mass is 9.90. The van der Waals surface area contributed by atoms with Gasteiger partial charge in [-0.25, -0.2) is 0 Å². The van der Waals surface area contributed by atoms with Gasteiger partial charge in [0, 0.05) is 6.20 Å². The van der Waals surface area contributed by atoms with E-state index < -0.39 is 0 Å². The summed E-state index contributed by atoms with van der Waals surface area (Å²) in [7, 11) is 0. The first-order chi connectivity index (χ1) is 12.8. The Morgan fingerprint density at radius 3 is 2.65 bits per heavy atom. The van der Waals surface area contributed by atoms with Crippen molar-refractivity contribution < 1.29 is 4.79 Å². The summed E-state index contributed by atoms with van der Waals surface area (Å²) in [4.78, 5) is 12.4. The smallest absolute Gasteiger partial charge is 0.228 e. The van der Waals surface area contributed by atoms with Crippen LogP contribution in [-0.4, -0.2) is 15.7 Å². The number of hydrogen-bond donors (Lipinski definition) is 1. The van der Waals surface area contributed by atoms with Crippen molar-refractivity contribution in [3.63, 3.8) is 0 Å². The van der Waals surface area contributed by atoms with Crippen LogP contribution in [0.2, 0.25) is 0 Å². The molecular formula is C22H23N3O. The van der Waals surface area contributed by atoms with Gasteiger partial charge in [0.1, 0.15) is 0 Å². The second-order valence-corrected chi connectivity index (χ2v) is 6.95. The van der Waals surface area contributed by atoms with Gasteiger partial charge in [0.25, 0.3) is 0 Å². The molecule has 2 aromatic carbocycles. The van der Waals surface area contributed by atoms with Crippen molar-refractivity contribution in [2.45, 2.75) is 38.6 Å². The van der Waals surface area contributed by atoms with Crippen LogP contribution >= 0.6 is 0 Å². The Hall–Kier alpha value is -2.88. The highest BCUT2D eigenvalue weighted by Crippen LogP contribution is 2.22. The van der Waals surface area contributed by atoms with Gasteiger partial charge in [-0.3, -0.25) is 9.48 Å². The third-order valence-corrected chi connectivity index (χ3v) is 4.88. The van der Waals surface area contributed by atoms with E-state index in [4.69, 9.17) is 0 Å². The maximum atomic E-state index is 12.4. The molecule has 0 saturated heterocycles. The first-order valence-corrected chi connectivity index (χ1v) is 9.23. The molecule has 0 unspecified atom stereocenters. The molecule has 1 amide bonds. The minimum atomic E-state index is 0.0000190. The number of rotatable bonds is 5. The maximum absolute atomic E-state index is 12.4. The number of carbonyl (C=O) groups is 1. The summed E-state index contributed by atoms with van der Waals surface area (Å²) in [6.07, 6.45) is 8.81. The standard InChI is InChI=1S/C22H23N3O/c26-22(13-18-10-11-19-8-4-5-9-20(19)12-18)24-21-14-23-25(16-21)15-17-6-2-1-3-7-17/h1-3,6-7,10-12,14,16H,4-5,8-9,13,15H2,(H,24,26). The van der Waals surface area contributed by atoms with E-state index in [2.05, 4.69) is 40.7 Å². The van der Waals surface area contributed by atoms with Crippen molar-refractivity contribution >= 4 is 11.6 Å². The van der Waals surface area contributed by atoms with Crippen LogP contribution < -0.4 is 5.32 Å². The van der Waals surface area contributed by atoms with E-state index in [-0.39, 0.29) is 5.91 Å². The van der Waals surface area contributed by atoms with E-state index in [0.29, 0.717) is 13.0 Å². The van der Waals surface area contributed by atoms with Crippen LogP contribution in [0, 0.1) is 0 Å². The van der Waals surface area contributed by atoms with E-state index in [1.165, 1.54) is 36.0 Å². The zero-order chi connectivity index (χ0) is 17.8. The summed E-state index contributed by atoms with van der Waals surface area (Å²) in [5.74, 6) is 0.0000190. The van der Waals surface area contributed by atoms with Crippen LogP contribution in [-0.2, 0) is 30.6 Å². The zero-order valence-corrected chi connectivity index (χ0v) is 14.8. The Kier molecular flexibility index (Phi) is 4.82. The number of hydrogen-bond acceptors (Lipinski definition) is 2. The number of anilines is 1. The Bertz CT molecular complexity index is 899. The van der Waals surface area contributed by atoms with Crippen molar-refractivity contribution in [2.24, 2.45) is 0 Å². The minimum absolute atomic E-state index is 0.0000190. The zero-order valence-electron chi connectivity index (χ0n) is 14.8. The van der Waals surface area contributed by atoms with E-state index in [0.717, 1.165) is 17.7 Å². The van der Waals surface area contributed by atoms with Crippen LogP contribution in [0.3, 0.4) is 0 Å². The molecular weight excluding hydrogens is 322 g/mol. The largest absolute Gasteiger partial charge is 0.323 e. The predicted molar refractivity (Wildman–Crippen MR) is 103 cm³/mol. The first-order valence-electron chi connectivity index (χ1n) is 9.23. The number of aryl methyl sites for hydroxylation is 2. The molecule has 0 spiro atoms. The minimum Gasteiger partial charge on any atom is -0.323 e. The van der Waals surface area contributed by atoms with E-state index in [9.17, 15) is 4.79 Å². The molecule has 0 bridgehead atoms. The molecule has 1 aliphatic rings. The van der Waals surface area contributed by atoms with Gasteiger partial charge < -0.3 is 5.32 Å². The lowest BCUT2D eigenvalue weighted by molar-refractivity contribution is -0.115. The van der Waals surface area contributed by atoms with Crippen molar-refractivity contribution in [1.82, 2.24) is 9.78 Å². The molecule has 132 valence electrons. The topological polar surface area (TPSA) is 46.9 Å². The molecule has 0 saturated carbocycles. The van der Waals surface area contributed by atoms with Gasteiger partial charge in [0.05, 0.1) is 24.8 Å². The summed E-state index contributed by atoms with van der Waals surface area (Å²) in [5, 5.41) is 7.29. The van der Waals surface area contributed by atoms with Crippen LogP contribution in [0.4, 0.5) is 5.69 Å². The third kappa shape index (κ3) is 4.02. The third-order valence-electron chi connectivity index (χ3n) is 4.88. The fourth-order valence-electron chi connectivity index (χ4n) is 3.57. The SMILES string of the molecule is O=C(Cc1ccc2c(c1)CCCC2)Nc1cnn(Cc2ccccc2)c1. The number of carbonyl (C=O) groups excluding carboxylic acids is 1. The monoisotopic (exact) mass is 345 g/mol. The van der Waals surface area contributed by atoms with Gasteiger partial charge in [-0.05, 0) is 47.9 Å². The normalized spacial score (nSPS) is 13.2. The Balaban J connectivity index is 1.36. The number of amides is 1. The molecule has 26 heavy (non-hydrogen) atoms. The van der Waals surface area contributed by atoms with E-state index in [1.54, 1.807) is 6.20 Å². The molecule has 4 nitrogen and oxygen atoms in total. The second kappa shape index (κ2) is 7.56. The van der Waals surface area contributed by atoms with Gasteiger partial charge >= 0.3 is 0 Å². The molecule has 0 atom stereocenters. The van der Waals surface area contributed by atoms with Gasteiger partial charge in [0.2, 0.25) is 5.91 Å². The van der Waals surface area contributed by atoms with Crippen molar-refractivity contribution in [1.29, 1.82) is 0 Å². The molecule has 0 aliphatic heterocycles. The second-order valence-electron chi connectivity index (χ2n) is 6.95. The Morgan fingerprint density at radius 1 is 1.00 bits per heavy atom. The Labute approximate surface area is 153 Å². The molecule has 4 heteroatoms. The molecule has 0 radical (unpaired) electrons. The highest BCUT2D eigenvalue weighted by Gasteiger charge is 2.11. The van der Waals surface area contributed by atoms with Crippen LogP contribution in [0.1, 0.15) is 35.1 Å². The van der Waals surface area contributed by atoms with E-state index in [1.807, 2.05) is 29.1 Å². The van der Waals surface area contributed by atoms with Gasteiger partial charge in [-0.2, -0.15) is 5.10 Å². The maximum Gasteiger partial charge on any atom is 0.228 e. The molecule has 3 aromatic rings. The summed E-state index contributed by atoms with van der Waals surface area (Å²) < 4.78 is 1.84. The van der Waals surface area contributed by atoms with Crippen LogP contribution in [0.25, 0.3) is 0 Å². The molecule has 1 aromatic heterocycles. The van der Waals surface area contributed by atoms with Gasteiger partial charge in [-0.1, -0.05) is 48.5 Å². The molecule has 1 N–H and O–H groups in total. The molecule has 0 fully saturated rings. The van der Waals surface area contributed by atoms with E-state index >= 15 is 0 Å². The van der Waals surface area contributed by atoms with Crippen LogP contribution in [0.15, 0.2) is 60.9 Å². The highest BCUT2D eigenvalue weighted by atomic mass is 16.1. The summed E-state index contributed by atoms with van der Waals surface area (Å²) >= 11 is 0. The number of aromatic nitrogens is 2. The quantitative estimate of drug-likeness (QED) is 0.760. The average Bonchev–Trinajstić information content (AvgIpc) is 3.09. The van der Waals surface area contributed by atoms with Gasteiger partial charge in [0.15, 0.2) is 0 Å². The fourth-order valence-corrected chi connectivity index (χ4v) is 3.57. The highest BCUT2D eigenvalue weighted by molar-refractivity contribution is 5.92. The van der Waals surface area contributed by atoms with Crippen molar-refractivity contribution in [3.8, 4) is 0 Å². The number of benzene rings is 2. The predicted octanol–water partition coefficient (Wildman–Crippen LogP) is 3.99. The van der Waals surface area contributed by atoms with Crippen molar-refractivity contribution in [3.05, 3.63) is 83.2 Å². The number of fused-ring (bicyclic) bond motifs is 1. The number of nitrogens with zero attached hydrogens (tertiary/aromatic N) is 2. The lowest BCUT2D eigenvalue weighted by Crippen LogP contribution is -2.14. The molecule has 1 heterocycles. The summed E-state index contributed by atoms with van der Waals surface area (Å²) in [6, 6.07) is 16.6. The average molecular weight is 345 g/mol. The van der Waals surface area contributed by atoms with Gasteiger partial charge in [-0.15, -0.1) is 0 Å². The van der Waals surface area contributed by atoms with Crippen molar-refractivity contribution in [2.75, 3.05) is 5.32 Å². The molecule has 1 aliphatic carbocycles. The fraction of sp³-hybridized carbons (Fsp3) is 0.273. The summed E-state index contributed by atoms with van der Waals surface area (Å²) in [5.41, 5.74) is 5.87. The van der Waals surface area contributed by atoms with Crippen LogP contribution in [0.5, 0.6) is 0 Å². The summed E-state index contributed by atoms with van der Waals surface area (Å²) in [6.45, 7) is 0.696. The Morgan fingerprint density at radius 2 is 1.81 bits per heavy atom. The molecule has 4 rings (SSSR count). The first kappa shape index (κ1) is 16.6. The number of nitrogens with one attached hydrogen (secondary N) is 1. The lowest BCUT2D eigenvalue weighted by Gasteiger charge is -2.16.